The molecule has 0 aliphatic heterocycles. The highest BCUT2D eigenvalue weighted by Crippen LogP contribution is 2.18. The summed E-state index contributed by atoms with van der Waals surface area (Å²) in [6.07, 6.45) is 6.26. The standard InChI is InChI=1S/C19H22N4O3/c1-14-18(15(2)26-22-14)12-25-17-6-4-16(5-7-17)19(24)21-8-3-10-23-11-9-20-13-23/h4-7,9,11,13H,3,8,10,12H2,1-2H3,(H,21,24). The fraction of sp³-hybridized carbons (Fsp3) is 0.316. The summed E-state index contributed by atoms with van der Waals surface area (Å²) in [5.74, 6) is 1.36. The number of nitrogens with one attached hydrogen (secondary N) is 1. The molecule has 0 saturated heterocycles. The number of imidazole rings is 1. The molecule has 1 N–H and O–H groups in total. The van der Waals surface area contributed by atoms with Gasteiger partial charge in [0.05, 0.1) is 17.6 Å². The van der Waals surface area contributed by atoms with Crippen LogP contribution in [0.1, 0.15) is 33.8 Å². The lowest BCUT2D eigenvalue weighted by atomic mass is 10.2. The third-order valence-electron chi connectivity index (χ3n) is 4.12. The Bertz CT molecular complexity index is 819. The molecule has 0 aliphatic rings. The second-order valence-corrected chi connectivity index (χ2v) is 6.03. The van der Waals surface area contributed by atoms with Crippen molar-refractivity contribution in [1.29, 1.82) is 0 Å². The fourth-order valence-electron chi connectivity index (χ4n) is 2.55. The van der Waals surface area contributed by atoms with E-state index in [2.05, 4.69) is 15.5 Å². The van der Waals surface area contributed by atoms with Crippen LogP contribution in [0.2, 0.25) is 0 Å². The zero-order chi connectivity index (χ0) is 18.4. The second kappa shape index (κ2) is 8.33. The van der Waals surface area contributed by atoms with E-state index in [0.717, 1.165) is 30.0 Å². The topological polar surface area (TPSA) is 82.2 Å². The van der Waals surface area contributed by atoms with Gasteiger partial charge in [-0.25, -0.2) is 4.98 Å². The number of ether oxygens (including phenoxy) is 1. The highest BCUT2D eigenvalue weighted by molar-refractivity contribution is 5.94. The number of aryl methyl sites for hydroxylation is 3. The van der Waals surface area contributed by atoms with Crippen molar-refractivity contribution in [3.05, 3.63) is 65.6 Å². The average molecular weight is 354 g/mol. The largest absolute Gasteiger partial charge is 0.489 e. The van der Waals surface area contributed by atoms with Crippen LogP contribution in [0, 0.1) is 13.8 Å². The summed E-state index contributed by atoms with van der Waals surface area (Å²) in [6, 6.07) is 7.10. The zero-order valence-electron chi connectivity index (χ0n) is 14.9. The Balaban J connectivity index is 1.45. The summed E-state index contributed by atoms with van der Waals surface area (Å²) < 4.78 is 12.8. The van der Waals surface area contributed by atoms with Gasteiger partial charge in [-0.2, -0.15) is 0 Å². The van der Waals surface area contributed by atoms with E-state index in [9.17, 15) is 4.79 Å². The van der Waals surface area contributed by atoms with Crippen molar-refractivity contribution >= 4 is 5.91 Å². The molecule has 0 atom stereocenters. The SMILES string of the molecule is Cc1noc(C)c1COc1ccc(C(=O)NCCCn2ccnc2)cc1. The number of carbonyl (C=O) groups excluding carboxylic acids is 1. The first kappa shape index (κ1) is 17.7. The zero-order valence-corrected chi connectivity index (χ0v) is 14.9. The number of nitrogens with zero attached hydrogens (tertiary/aromatic N) is 3. The molecule has 2 aromatic heterocycles. The van der Waals surface area contributed by atoms with Gasteiger partial charge in [0.25, 0.3) is 5.91 Å². The van der Waals surface area contributed by atoms with Crippen molar-refractivity contribution in [3.63, 3.8) is 0 Å². The molecular formula is C19H22N4O3. The molecule has 0 bridgehead atoms. The number of amides is 1. The quantitative estimate of drug-likeness (QED) is 0.629. The molecule has 7 nitrogen and oxygen atoms in total. The van der Waals surface area contributed by atoms with Gasteiger partial charge < -0.3 is 19.1 Å². The Hall–Kier alpha value is -3.09. The van der Waals surface area contributed by atoms with E-state index < -0.39 is 0 Å². The summed E-state index contributed by atoms with van der Waals surface area (Å²) in [5.41, 5.74) is 2.39. The fourth-order valence-corrected chi connectivity index (χ4v) is 2.55. The van der Waals surface area contributed by atoms with Crippen molar-refractivity contribution in [3.8, 4) is 5.75 Å². The number of carbonyl (C=O) groups is 1. The minimum absolute atomic E-state index is 0.0899. The van der Waals surface area contributed by atoms with Gasteiger partial charge in [-0.15, -0.1) is 0 Å². The minimum atomic E-state index is -0.0899. The van der Waals surface area contributed by atoms with Gasteiger partial charge in [-0.3, -0.25) is 4.79 Å². The highest BCUT2D eigenvalue weighted by Gasteiger charge is 2.10. The lowest BCUT2D eigenvalue weighted by Gasteiger charge is -2.08. The van der Waals surface area contributed by atoms with Crippen LogP contribution in [0.4, 0.5) is 0 Å². The molecule has 0 unspecified atom stereocenters. The van der Waals surface area contributed by atoms with E-state index in [1.165, 1.54) is 0 Å². The maximum Gasteiger partial charge on any atom is 0.251 e. The molecule has 0 saturated carbocycles. The minimum Gasteiger partial charge on any atom is -0.489 e. The first-order valence-electron chi connectivity index (χ1n) is 8.52. The summed E-state index contributed by atoms with van der Waals surface area (Å²) in [7, 11) is 0. The molecule has 1 aromatic carbocycles. The first-order valence-corrected chi connectivity index (χ1v) is 8.52. The van der Waals surface area contributed by atoms with Crippen molar-refractivity contribution in [2.45, 2.75) is 33.4 Å². The van der Waals surface area contributed by atoms with Crippen molar-refractivity contribution in [2.75, 3.05) is 6.54 Å². The molecule has 26 heavy (non-hydrogen) atoms. The Morgan fingerprint density at radius 1 is 1.27 bits per heavy atom. The lowest BCUT2D eigenvalue weighted by Crippen LogP contribution is -2.25. The highest BCUT2D eigenvalue weighted by atomic mass is 16.5. The maximum absolute atomic E-state index is 12.2. The number of benzene rings is 1. The molecule has 2 heterocycles. The summed E-state index contributed by atoms with van der Waals surface area (Å²) in [5, 5.41) is 6.82. The third-order valence-corrected chi connectivity index (χ3v) is 4.12. The first-order chi connectivity index (χ1) is 12.6. The predicted octanol–water partition coefficient (Wildman–Crippen LogP) is 2.89. The smallest absolute Gasteiger partial charge is 0.251 e. The Labute approximate surface area is 152 Å². The average Bonchev–Trinajstić information content (AvgIpc) is 3.28. The molecule has 136 valence electrons. The van der Waals surface area contributed by atoms with Gasteiger partial charge in [-0.1, -0.05) is 5.16 Å². The van der Waals surface area contributed by atoms with Gasteiger partial charge in [0.15, 0.2) is 0 Å². The van der Waals surface area contributed by atoms with E-state index in [4.69, 9.17) is 9.26 Å². The van der Waals surface area contributed by atoms with Crippen LogP contribution >= 0.6 is 0 Å². The molecule has 0 fully saturated rings. The summed E-state index contributed by atoms with van der Waals surface area (Å²) >= 11 is 0. The lowest BCUT2D eigenvalue weighted by molar-refractivity contribution is 0.0952. The van der Waals surface area contributed by atoms with E-state index in [0.29, 0.717) is 24.5 Å². The van der Waals surface area contributed by atoms with Crippen LogP contribution < -0.4 is 10.1 Å². The molecule has 0 radical (unpaired) electrons. The number of hydrogen-bond donors (Lipinski definition) is 1. The van der Waals surface area contributed by atoms with Crippen LogP contribution in [0.15, 0.2) is 47.5 Å². The Morgan fingerprint density at radius 2 is 2.08 bits per heavy atom. The summed E-state index contributed by atoms with van der Waals surface area (Å²) in [4.78, 5) is 16.1. The monoisotopic (exact) mass is 354 g/mol. The number of hydrogen-bond acceptors (Lipinski definition) is 5. The molecule has 1 amide bonds. The van der Waals surface area contributed by atoms with Crippen molar-refractivity contribution in [2.24, 2.45) is 0 Å². The molecule has 7 heteroatoms. The Kier molecular flexibility index (Phi) is 5.68. The summed E-state index contributed by atoms with van der Waals surface area (Å²) in [6.45, 7) is 5.57. The van der Waals surface area contributed by atoms with Gasteiger partial charge >= 0.3 is 0 Å². The van der Waals surface area contributed by atoms with E-state index in [-0.39, 0.29) is 5.91 Å². The van der Waals surface area contributed by atoms with Gasteiger partial charge in [0.1, 0.15) is 18.1 Å². The second-order valence-electron chi connectivity index (χ2n) is 6.03. The van der Waals surface area contributed by atoms with E-state index >= 15 is 0 Å². The van der Waals surface area contributed by atoms with Gasteiger partial charge in [-0.05, 0) is 44.5 Å². The predicted molar refractivity (Wildman–Crippen MR) is 95.9 cm³/mol. The van der Waals surface area contributed by atoms with Gasteiger partial charge in [0, 0.05) is 31.0 Å². The number of aromatic nitrogens is 3. The van der Waals surface area contributed by atoms with Crippen LogP contribution in [-0.2, 0) is 13.2 Å². The Morgan fingerprint density at radius 3 is 2.73 bits per heavy atom. The molecule has 3 aromatic rings. The van der Waals surface area contributed by atoms with Crippen LogP contribution in [0.5, 0.6) is 5.75 Å². The van der Waals surface area contributed by atoms with Crippen molar-refractivity contribution < 1.29 is 14.1 Å². The molecule has 0 spiro atoms. The van der Waals surface area contributed by atoms with Crippen LogP contribution in [-0.4, -0.2) is 27.2 Å². The van der Waals surface area contributed by atoms with E-state index in [1.807, 2.05) is 24.6 Å². The number of rotatable bonds is 8. The third kappa shape index (κ3) is 4.50. The van der Waals surface area contributed by atoms with E-state index in [1.54, 1.807) is 36.8 Å². The van der Waals surface area contributed by atoms with Crippen molar-refractivity contribution in [1.82, 2.24) is 20.0 Å². The normalized spacial score (nSPS) is 10.7. The van der Waals surface area contributed by atoms with Gasteiger partial charge in [0.2, 0.25) is 0 Å². The van der Waals surface area contributed by atoms with Crippen LogP contribution in [0.25, 0.3) is 0 Å². The molecule has 0 aliphatic carbocycles. The molecule has 3 rings (SSSR count). The maximum atomic E-state index is 12.2. The molecular weight excluding hydrogens is 332 g/mol. The van der Waals surface area contributed by atoms with Crippen LogP contribution in [0.3, 0.4) is 0 Å².